The Bertz CT molecular complexity index is 1040. The van der Waals surface area contributed by atoms with Crippen molar-refractivity contribution in [2.45, 2.75) is 52.2 Å². The lowest BCUT2D eigenvalue weighted by molar-refractivity contribution is -0.137. The van der Waals surface area contributed by atoms with Crippen molar-refractivity contribution in [1.82, 2.24) is 15.0 Å². The van der Waals surface area contributed by atoms with Crippen molar-refractivity contribution < 1.29 is 14.1 Å². The lowest BCUT2D eigenvalue weighted by atomic mass is 9.91. The Kier molecular flexibility index (Phi) is 5.84. The molecule has 0 spiro atoms. The number of carbonyl (C=O) groups is 1. The van der Waals surface area contributed by atoms with Crippen molar-refractivity contribution in [3.8, 4) is 17.1 Å². The highest BCUT2D eigenvalue weighted by Gasteiger charge is 2.23. The Morgan fingerprint density at radius 1 is 1.20 bits per heavy atom. The van der Waals surface area contributed by atoms with Crippen LogP contribution in [0.4, 0.5) is 0 Å². The zero-order valence-electron chi connectivity index (χ0n) is 17.7. The predicted molar refractivity (Wildman–Crippen MR) is 114 cm³/mol. The van der Waals surface area contributed by atoms with Gasteiger partial charge in [-0.1, -0.05) is 41.1 Å². The summed E-state index contributed by atoms with van der Waals surface area (Å²) >= 11 is 0. The van der Waals surface area contributed by atoms with Crippen LogP contribution in [0.3, 0.4) is 0 Å². The van der Waals surface area contributed by atoms with Crippen molar-refractivity contribution in [3.05, 3.63) is 65.0 Å². The quantitative estimate of drug-likeness (QED) is 0.610. The first-order chi connectivity index (χ1) is 14.5. The van der Waals surface area contributed by atoms with Crippen LogP contribution in [-0.2, 0) is 24.2 Å². The minimum atomic E-state index is -0.595. The third-order valence-corrected chi connectivity index (χ3v) is 5.50. The highest BCUT2D eigenvalue weighted by Crippen LogP contribution is 2.30. The number of likely N-dealkylation sites (N-methyl/N-ethyl adjacent to an activating group) is 1. The molecule has 0 bridgehead atoms. The first-order valence-corrected chi connectivity index (χ1v) is 10.4. The number of benzene rings is 2. The van der Waals surface area contributed by atoms with Crippen LogP contribution in [-0.4, -0.2) is 34.1 Å². The molecule has 156 valence electrons. The summed E-state index contributed by atoms with van der Waals surface area (Å²) in [6, 6.07) is 14.0. The average molecular weight is 405 g/mol. The fraction of sp³-hybridized carbons (Fsp3) is 0.375. The normalized spacial score (nSPS) is 14.1. The predicted octanol–water partition coefficient (Wildman–Crippen LogP) is 4.35. The van der Waals surface area contributed by atoms with Crippen molar-refractivity contribution in [1.29, 1.82) is 0 Å². The van der Waals surface area contributed by atoms with Gasteiger partial charge in [0.15, 0.2) is 6.10 Å². The third-order valence-electron chi connectivity index (χ3n) is 5.50. The molecule has 0 fully saturated rings. The van der Waals surface area contributed by atoms with E-state index in [1.165, 1.54) is 17.5 Å². The molecule has 0 saturated heterocycles. The van der Waals surface area contributed by atoms with E-state index >= 15 is 0 Å². The molecule has 1 aromatic heterocycles. The molecule has 1 aliphatic carbocycles. The van der Waals surface area contributed by atoms with E-state index in [1.54, 1.807) is 18.9 Å². The maximum atomic E-state index is 12.9. The molecule has 0 saturated carbocycles. The summed E-state index contributed by atoms with van der Waals surface area (Å²) in [5.74, 6) is 1.61. The molecule has 2 aromatic carbocycles. The summed E-state index contributed by atoms with van der Waals surface area (Å²) in [5.41, 5.74) is 4.59. The molecule has 1 atom stereocenters. The summed E-state index contributed by atoms with van der Waals surface area (Å²) < 4.78 is 11.4. The lowest BCUT2D eigenvalue weighted by Crippen LogP contribution is -2.37. The fourth-order valence-corrected chi connectivity index (χ4v) is 3.91. The second kappa shape index (κ2) is 8.69. The highest BCUT2D eigenvalue weighted by molar-refractivity contribution is 5.80. The van der Waals surface area contributed by atoms with E-state index in [0.29, 0.717) is 11.7 Å². The van der Waals surface area contributed by atoms with Gasteiger partial charge < -0.3 is 14.2 Å². The number of aromatic nitrogens is 2. The van der Waals surface area contributed by atoms with E-state index in [1.807, 2.05) is 43.3 Å². The second-order valence-corrected chi connectivity index (χ2v) is 7.94. The van der Waals surface area contributed by atoms with Crippen LogP contribution in [0.15, 0.2) is 47.0 Å². The van der Waals surface area contributed by atoms with Gasteiger partial charge in [-0.05, 0) is 62.8 Å². The van der Waals surface area contributed by atoms with Gasteiger partial charge in [0.25, 0.3) is 5.91 Å². The van der Waals surface area contributed by atoms with Gasteiger partial charge in [-0.25, -0.2) is 0 Å². The van der Waals surface area contributed by atoms with Crippen molar-refractivity contribution in [3.63, 3.8) is 0 Å². The number of aryl methyl sites for hydroxylation is 2. The molecule has 1 amide bonds. The van der Waals surface area contributed by atoms with Gasteiger partial charge in [-0.3, -0.25) is 4.79 Å². The molecule has 4 rings (SSSR count). The molecule has 6 heteroatoms. The van der Waals surface area contributed by atoms with Gasteiger partial charge in [-0.15, -0.1) is 0 Å². The molecule has 3 aromatic rings. The van der Waals surface area contributed by atoms with Gasteiger partial charge in [0, 0.05) is 12.6 Å². The van der Waals surface area contributed by atoms with Crippen molar-refractivity contribution >= 4 is 5.91 Å². The van der Waals surface area contributed by atoms with E-state index in [9.17, 15) is 4.79 Å². The minimum Gasteiger partial charge on any atom is -0.481 e. The van der Waals surface area contributed by atoms with E-state index in [4.69, 9.17) is 9.26 Å². The van der Waals surface area contributed by atoms with Crippen LogP contribution in [0.2, 0.25) is 0 Å². The molecule has 1 aliphatic rings. The molecule has 0 radical (unpaired) electrons. The number of nitrogens with zero attached hydrogens (tertiary/aromatic N) is 3. The first kappa shape index (κ1) is 20.1. The average Bonchev–Trinajstić information content (AvgIpc) is 3.22. The Hall–Kier alpha value is -3.15. The Morgan fingerprint density at radius 3 is 2.83 bits per heavy atom. The van der Waals surface area contributed by atoms with Crippen LogP contribution in [0.25, 0.3) is 11.4 Å². The summed E-state index contributed by atoms with van der Waals surface area (Å²) in [6.07, 6.45) is 3.86. The topological polar surface area (TPSA) is 68.5 Å². The molecular formula is C24H27N3O3. The number of ether oxygens (including phenoxy) is 1. The zero-order valence-corrected chi connectivity index (χ0v) is 17.7. The van der Waals surface area contributed by atoms with Gasteiger partial charge in [0.1, 0.15) is 5.75 Å². The minimum absolute atomic E-state index is 0.126. The lowest BCUT2D eigenvalue weighted by Gasteiger charge is -2.24. The van der Waals surface area contributed by atoms with Crippen molar-refractivity contribution in [2.75, 3.05) is 7.05 Å². The first-order valence-electron chi connectivity index (χ1n) is 10.4. The van der Waals surface area contributed by atoms with Gasteiger partial charge in [0.05, 0.1) is 6.54 Å². The van der Waals surface area contributed by atoms with E-state index in [-0.39, 0.29) is 12.5 Å². The monoisotopic (exact) mass is 405 g/mol. The van der Waals surface area contributed by atoms with E-state index in [0.717, 1.165) is 36.1 Å². The maximum Gasteiger partial charge on any atom is 0.263 e. The van der Waals surface area contributed by atoms with Crippen molar-refractivity contribution in [2.24, 2.45) is 0 Å². The summed E-state index contributed by atoms with van der Waals surface area (Å²) in [4.78, 5) is 18.8. The molecule has 1 unspecified atom stereocenters. The van der Waals surface area contributed by atoms with Gasteiger partial charge in [0.2, 0.25) is 11.7 Å². The van der Waals surface area contributed by atoms with Gasteiger partial charge in [-0.2, -0.15) is 4.98 Å². The van der Waals surface area contributed by atoms with Gasteiger partial charge >= 0.3 is 0 Å². The molecule has 0 aliphatic heterocycles. The number of hydrogen-bond donors (Lipinski definition) is 0. The maximum absolute atomic E-state index is 12.9. The second-order valence-electron chi connectivity index (χ2n) is 7.94. The SMILES string of the molecule is Cc1cccc(-c2noc(CN(C)C(=O)C(C)Oc3cccc4c3CCCC4)n2)c1. The number of rotatable bonds is 6. The largest absolute Gasteiger partial charge is 0.481 e. The van der Waals surface area contributed by atoms with Crippen LogP contribution in [0.1, 0.15) is 42.3 Å². The molecule has 0 N–H and O–H groups in total. The number of amides is 1. The molecular weight excluding hydrogens is 378 g/mol. The molecule has 6 nitrogen and oxygen atoms in total. The Morgan fingerprint density at radius 2 is 2.00 bits per heavy atom. The fourth-order valence-electron chi connectivity index (χ4n) is 3.91. The van der Waals surface area contributed by atoms with E-state index in [2.05, 4.69) is 16.2 Å². The molecule has 1 heterocycles. The van der Waals surface area contributed by atoms with Crippen LogP contribution >= 0.6 is 0 Å². The summed E-state index contributed by atoms with van der Waals surface area (Å²) in [5, 5.41) is 4.05. The molecule has 30 heavy (non-hydrogen) atoms. The van der Waals surface area contributed by atoms with Crippen LogP contribution < -0.4 is 4.74 Å². The Labute approximate surface area is 176 Å². The highest BCUT2D eigenvalue weighted by atomic mass is 16.5. The summed E-state index contributed by atoms with van der Waals surface area (Å²) in [6.45, 7) is 4.04. The van der Waals surface area contributed by atoms with Crippen LogP contribution in [0.5, 0.6) is 5.75 Å². The zero-order chi connectivity index (χ0) is 21.1. The number of fused-ring (bicyclic) bond motifs is 1. The Balaban J connectivity index is 1.40. The van der Waals surface area contributed by atoms with Crippen LogP contribution in [0, 0.1) is 6.92 Å². The standard InChI is InChI=1S/C24H27N3O3/c1-16-8-6-11-19(14-16)23-25-22(30-26-23)15-27(3)24(28)17(2)29-21-13-7-10-18-9-4-5-12-20(18)21/h6-8,10-11,13-14,17H,4-5,9,12,15H2,1-3H3. The summed E-state index contributed by atoms with van der Waals surface area (Å²) in [7, 11) is 1.72. The van der Waals surface area contributed by atoms with E-state index < -0.39 is 6.10 Å². The third kappa shape index (κ3) is 4.37. The number of carbonyl (C=O) groups excluding carboxylic acids is 1. The smallest absolute Gasteiger partial charge is 0.263 e. The number of hydrogen-bond acceptors (Lipinski definition) is 5.